The number of alkyl halides is 3. The second kappa shape index (κ2) is 5.83. The fourth-order valence-corrected chi connectivity index (χ4v) is 1.84. The van der Waals surface area contributed by atoms with Crippen molar-refractivity contribution in [1.29, 1.82) is 5.26 Å². The normalized spacial score (nSPS) is 11.0. The zero-order valence-electron chi connectivity index (χ0n) is 10.7. The number of nitrogens with zero attached hydrogens (tertiary/aromatic N) is 1. The van der Waals surface area contributed by atoms with Gasteiger partial charge in [-0.15, -0.1) is 0 Å². The van der Waals surface area contributed by atoms with E-state index >= 15 is 0 Å². The molecule has 0 aliphatic heterocycles. The molecule has 0 unspecified atom stereocenters. The fourth-order valence-electron chi connectivity index (χ4n) is 1.84. The SMILES string of the molecule is N#Cc1cc(NCc2cccc(F)c2)ccc1C(F)(F)F. The highest BCUT2D eigenvalue weighted by Gasteiger charge is 2.33. The lowest BCUT2D eigenvalue weighted by molar-refractivity contribution is -0.137. The number of nitrogens with one attached hydrogen (secondary N) is 1. The van der Waals surface area contributed by atoms with Gasteiger partial charge in [-0.25, -0.2) is 4.39 Å². The summed E-state index contributed by atoms with van der Waals surface area (Å²) in [5.41, 5.74) is -0.412. The van der Waals surface area contributed by atoms with Crippen LogP contribution in [0.5, 0.6) is 0 Å². The highest BCUT2D eigenvalue weighted by molar-refractivity contribution is 5.53. The van der Waals surface area contributed by atoms with Crippen LogP contribution >= 0.6 is 0 Å². The van der Waals surface area contributed by atoms with Crippen molar-refractivity contribution in [3.63, 3.8) is 0 Å². The lowest BCUT2D eigenvalue weighted by Gasteiger charge is -2.11. The summed E-state index contributed by atoms with van der Waals surface area (Å²) in [6.07, 6.45) is -4.56. The minimum atomic E-state index is -4.56. The van der Waals surface area contributed by atoms with Crippen LogP contribution in [-0.2, 0) is 12.7 Å². The van der Waals surface area contributed by atoms with E-state index in [4.69, 9.17) is 5.26 Å². The maximum Gasteiger partial charge on any atom is 0.417 e. The van der Waals surface area contributed by atoms with Crippen LogP contribution < -0.4 is 5.32 Å². The lowest BCUT2D eigenvalue weighted by Crippen LogP contribution is -2.08. The van der Waals surface area contributed by atoms with E-state index < -0.39 is 17.3 Å². The molecule has 0 saturated heterocycles. The van der Waals surface area contributed by atoms with E-state index in [0.717, 1.165) is 12.1 Å². The number of anilines is 1. The first-order valence-corrected chi connectivity index (χ1v) is 6.00. The van der Waals surface area contributed by atoms with Gasteiger partial charge in [0.15, 0.2) is 0 Å². The van der Waals surface area contributed by atoms with Crippen LogP contribution in [0.1, 0.15) is 16.7 Å². The van der Waals surface area contributed by atoms with Crippen LogP contribution in [0.4, 0.5) is 23.2 Å². The molecule has 0 saturated carbocycles. The highest BCUT2D eigenvalue weighted by atomic mass is 19.4. The van der Waals surface area contributed by atoms with Crippen molar-refractivity contribution < 1.29 is 17.6 Å². The Morgan fingerprint density at radius 3 is 2.48 bits per heavy atom. The molecule has 2 rings (SSSR count). The standard InChI is InChI=1S/C15H10F4N2/c16-12-3-1-2-10(6-12)9-21-13-4-5-14(15(17,18)19)11(7-13)8-20/h1-7,21H,9H2. The molecule has 0 aliphatic rings. The largest absolute Gasteiger partial charge is 0.417 e. The minimum absolute atomic E-state index is 0.244. The lowest BCUT2D eigenvalue weighted by atomic mass is 10.1. The smallest absolute Gasteiger partial charge is 0.381 e. The Morgan fingerprint density at radius 2 is 1.86 bits per heavy atom. The molecular formula is C15H10F4N2. The summed E-state index contributed by atoms with van der Waals surface area (Å²) in [4.78, 5) is 0. The molecule has 0 spiro atoms. The van der Waals surface area contributed by atoms with Gasteiger partial charge in [-0.2, -0.15) is 18.4 Å². The van der Waals surface area contributed by atoms with Crippen LogP contribution in [-0.4, -0.2) is 0 Å². The molecule has 108 valence electrons. The van der Waals surface area contributed by atoms with Crippen molar-refractivity contribution in [2.24, 2.45) is 0 Å². The molecular weight excluding hydrogens is 284 g/mol. The fraction of sp³-hybridized carbons (Fsp3) is 0.133. The number of hydrogen-bond acceptors (Lipinski definition) is 2. The minimum Gasteiger partial charge on any atom is -0.381 e. The van der Waals surface area contributed by atoms with Crippen molar-refractivity contribution in [1.82, 2.24) is 0 Å². The highest BCUT2D eigenvalue weighted by Crippen LogP contribution is 2.33. The van der Waals surface area contributed by atoms with Crippen molar-refractivity contribution in [3.05, 3.63) is 65.0 Å². The Hall–Kier alpha value is -2.55. The second-order valence-corrected chi connectivity index (χ2v) is 4.35. The Balaban J connectivity index is 2.17. The molecule has 0 aliphatic carbocycles. The summed E-state index contributed by atoms with van der Waals surface area (Å²) >= 11 is 0. The maximum absolute atomic E-state index is 13.0. The number of halogens is 4. The van der Waals surface area contributed by atoms with Gasteiger partial charge in [0.05, 0.1) is 17.2 Å². The topological polar surface area (TPSA) is 35.8 Å². The third kappa shape index (κ3) is 3.72. The van der Waals surface area contributed by atoms with E-state index in [2.05, 4.69) is 5.32 Å². The van der Waals surface area contributed by atoms with Gasteiger partial charge in [0.25, 0.3) is 0 Å². The van der Waals surface area contributed by atoms with E-state index in [1.807, 2.05) is 0 Å². The van der Waals surface area contributed by atoms with Gasteiger partial charge in [0.2, 0.25) is 0 Å². The van der Waals surface area contributed by atoms with E-state index in [1.54, 1.807) is 12.1 Å². The molecule has 0 atom stereocenters. The van der Waals surface area contributed by atoms with Gasteiger partial charge < -0.3 is 5.32 Å². The summed E-state index contributed by atoms with van der Waals surface area (Å²) < 4.78 is 50.9. The molecule has 0 aromatic heterocycles. The number of benzene rings is 2. The Morgan fingerprint density at radius 1 is 1.10 bits per heavy atom. The zero-order chi connectivity index (χ0) is 15.5. The molecule has 6 heteroatoms. The Labute approximate surface area is 118 Å². The molecule has 2 nitrogen and oxygen atoms in total. The summed E-state index contributed by atoms with van der Waals surface area (Å²) in [6, 6.07) is 10.6. The Kier molecular flexibility index (Phi) is 4.13. The first-order chi connectivity index (χ1) is 9.90. The van der Waals surface area contributed by atoms with Gasteiger partial charge in [0.1, 0.15) is 5.82 Å². The monoisotopic (exact) mass is 294 g/mol. The summed E-state index contributed by atoms with van der Waals surface area (Å²) in [7, 11) is 0. The Bertz CT molecular complexity index is 687. The van der Waals surface area contributed by atoms with Crippen LogP contribution in [0.3, 0.4) is 0 Å². The summed E-state index contributed by atoms with van der Waals surface area (Å²) in [5.74, 6) is -0.389. The van der Waals surface area contributed by atoms with Crippen molar-refractivity contribution >= 4 is 5.69 Å². The third-order valence-corrected chi connectivity index (χ3v) is 2.83. The van der Waals surface area contributed by atoms with Crippen molar-refractivity contribution in [2.45, 2.75) is 12.7 Å². The molecule has 0 amide bonds. The number of nitriles is 1. The second-order valence-electron chi connectivity index (χ2n) is 4.35. The number of rotatable bonds is 3. The van der Waals surface area contributed by atoms with E-state index in [-0.39, 0.29) is 12.4 Å². The zero-order valence-corrected chi connectivity index (χ0v) is 10.7. The van der Waals surface area contributed by atoms with Crippen LogP contribution in [0, 0.1) is 17.1 Å². The van der Waals surface area contributed by atoms with Gasteiger partial charge >= 0.3 is 6.18 Å². The summed E-state index contributed by atoms with van der Waals surface area (Å²) in [5, 5.41) is 11.7. The quantitative estimate of drug-likeness (QED) is 0.855. The molecule has 0 radical (unpaired) electrons. The molecule has 0 heterocycles. The van der Waals surface area contributed by atoms with E-state index in [0.29, 0.717) is 11.3 Å². The van der Waals surface area contributed by atoms with Gasteiger partial charge in [-0.05, 0) is 35.9 Å². The predicted octanol–water partition coefficient (Wildman–Crippen LogP) is 4.33. The maximum atomic E-state index is 13.0. The first kappa shape index (κ1) is 14.9. The van der Waals surface area contributed by atoms with Gasteiger partial charge in [-0.3, -0.25) is 0 Å². The third-order valence-electron chi connectivity index (χ3n) is 2.83. The molecule has 21 heavy (non-hydrogen) atoms. The average molecular weight is 294 g/mol. The molecule has 2 aromatic carbocycles. The molecule has 2 aromatic rings. The van der Waals surface area contributed by atoms with Gasteiger partial charge in [0, 0.05) is 12.2 Å². The van der Waals surface area contributed by atoms with Gasteiger partial charge in [-0.1, -0.05) is 12.1 Å². The van der Waals surface area contributed by atoms with Crippen molar-refractivity contribution in [3.8, 4) is 6.07 Å². The van der Waals surface area contributed by atoms with E-state index in [9.17, 15) is 17.6 Å². The molecule has 1 N–H and O–H groups in total. The number of hydrogen-bond donors (Lipinski definition) is 1. The van der Waals surface area contributed by atoms with Crippen LogP contribution in [0.2, 0.25) is 0 Å². The average Bonchev–Trinajstić information content (AvgIpc) is 2.44. The molecule has 0 fully saturated rings. The first-order valence-electron chi connectivity index (χ1n) is 6.00. The molecule has 0 bridgehead atoms. The predicted molar refractivity (Wildman–Crippen MR) is 69.9 cm³/mol. The van der Waals surface area contributed by atoms with Crippen LogP contribution in [0.25, 0.3) is 0 Å². The van der Waals surface area contributed by atoms with Crippen molar-refractivity contribution in [2.75, 3.05) is 5.32 Å². The summed E-state index contributed by atoms with van der Waals surface area (Å²) in [6.45, 7) is 0.244. The van der Waals surface area contributed by atoms with E-state index in [1.165, 1.54) is 24.3 Å². The van der Waals surface area contributed by atoms with Crippen LogP contribution in [0.15, 0.2) is 42.5 Å².